The quantitative estimate of drug-likeness (QED) is 0.346. The molecule has 6 unspecified atom stereocenters. The number of hydrogen-bond acceptors (Lipinski definition) is 6. The first-order valence-electron chi connectivity index (χ1n) is 9.15. The molecule has 0 aromatic carbocycles. The highest BCUT2D eigenvalue weighted by atomic mass is 16.5. The molecule has 0 aromatic heterocycles. The average Bonchev–Trinajstić information content (AvgIpc) is 2.83. The van der Waals surface area contributed by atoms with E-state index in [-0.39, 0.29) is 11.8 Å². The number of methoxy groups -OCH3 is 1. The number of amides is 2. The molecule has 1 saturated heterocycles. The van der Waals surface area contributed by atoms with E-state index in [4.69, 9.17) is 4.74 Å². The molecule has 0 aromatic rings. The van der Waals surface area contributed by atoms with Gasteiger partial charge in [0.25, 0.3) is 5.91 Å². The highest BCUT2D eigenvalue weighted by Crippen LogP contribution is 2.12. The Morgan fingerprint density at radius 1 is 1.31 bits per heavy atom. The van der Waals surface area contributed by atoms with Crippen LogP contribution >= 0.6 is 0 Å². The molecule has 8 nitrogen and oxygen atoms in total. The monoisotopic (exact) mass is 372 g/mol. The van der Waals surface area contributed by atoms with E-state index in [0.29, 0.717) is 13.0 Å². The summed E-state index contributed by atoms with van der Waals surface area (Å²) in [5.41, 5.74) is 0. The summed E-state index contributed by atoms with van der Waals surface area (Å²) in [7, 11) is 1.22. The van der Waals surface area contributed by atoms with E-state index in [0.717, 1.165) is 19.3 Å². The minimum Gasteiger partial charge on any atom is -0.387 e. The van der Waals surface area contributed by atoms with Crippen LogP contribution in [0.2, 0.25) is 0 Å². The summed E-state index contributed by atoms with van der Waals surface area (Å²) in [4.78, 5) is 24.3. The molecule has 5 N–H and O–H groups in total. The summed E-state index contributed by atoms with van der Waals surface area (Å²) in [5, 5.41) is 35.7. The van der Waals surface area contributed by atoms with Crippen molar-refractivity contribution in [2.75, 3.05) is 13.7 Å². The Kier molecular flexibility index (Phi) is 9.79. The van der Waals surface area contributed by atoms with Crippen LogP contribution in [0.25, 0.3) is 0 Å². The first-order chi connectivity index (χ1) is 12.3. The van der Waals surface area contributed by atoms with Gasteiger partial charge in [0, 0.05) is 13.7 Å². The van der Waals surface area contributed by atoms with Gasteiger partial charge in [-0.15, -0.1) is 0 Å². The molecule has 1 heterocycles. The predicted molar refractivity (Wildman–Crippen MR) is 96.2 cm³/mol. The van der Waals surface area contributed by atoms with Gasteiger partial charge < -0.3 is 30.7 Å². The molecule has 0 radical (unpaired) electrons. The Hall–Kier alpha value is -1.48. The van der Waals surface area contributed by atoms with Crippen molar-refractivity contribution in [2.24, 2.45) is 5.92 Å². The summed E-state index contributed by atoms with van der Waals surface area (Å²) >= 11 is 0. The maximum absolute atomic E-state index is 12.4. The van der Waals surface area contributed by atoms with Crippen LogP contribution in [0, 0.1) is 5.92 Å². The van der Waals surface area contributed by atoms with E-state index < -0.39 is 36.4 Å². The molecule has 2 amide bonds. The van der Waals surface area contributed by atoms with E-state index in [2.05, 4.69) is 10.6 Å². The van der Waals surface area contributed by atoms with Gasteiger partial charge in [-0.2, -0.15) is 0 Å². The summed E-state index contributed by atoms with van der Waals surface area (Å²) in [6.45, 7) is 4.51. The van der Waals surface area contributed by atoms with Crippen molar-refractivity contribution < 1.29 is 29.6 Å². The van der Waals surface area contributed by atoms with Gasteiger partial charge in [0.2, 0.25) is 5.91 Å². The third-order valence-corrected chi connectivity index (χ3v) is 4.65. The van der Waals surface area contributed by atoms with Crippen molar-refractivity contribution >= 4 is 11.8 Å². The van der Waals surface area contributed by atoms with Gasteiger partial charge in [0.1, 0.15) is 24.4 Å². The number of ether oxygens (including phenoxy) is 1. The highest BCUT2D eigenvalue weighted by Gasteiger charge is 2.36. The minimum absolute atomic E-state index is 0.212. The number of rotatable bonds is 9. The Balaban J connectivity index is 2.70. The Bertz CT molecular complexity index is 484. The average molecular weight is 372 g/mol. The maximum atomic E-state index is 12.4. The Morgan fingerprint density at radius 2 is 2.00 bits per heavy atom. The number of aliphatic hydroxyl groups is 3. The van der Waals surface area contributed by atoms with Crippen LogP contribution < -0.4 is 10.6 Å². The van der Waals surface area contributed by atoms with Crippen LogP contribution in [0.4, 0.5) is 0 Å². The lowest BCUT2D eigenvalue weighted by molar-refractivity contribution is -0.150. The van der Waals surface area contributed by atoms with Crippen LogP contribution in [-0.4, -0.2) is 71.2 Å². The molecule has 26 heavy (non-hydrogen) atoms. The van der Waals surface area contributed by atoms with Gasteiger partial charge in [-0.3, -0.25) is 9.59 Å². The standard InChI is InChI=1S/C18H32N2O6/c1-4-11(2)8-9-13(21)14(22)15(23)16(26-3)18(25)20-12-7-5-6-10-19-17(12)24/h8-9,11-16,21-23H,4-7,10H2,1-3H3,(H,19,24)(H,20,25)/b9-8+. The second kappa shape index (κ2) is 11.3. The largest absolute Gasteiger partial charge is 0.387 e. The lowest BCUT2D eigenvalue weighted by Gasteiger charge is -2.28. The molecule has 6 atom stereocenters. The third-order valence-electron chi connectivity index (χ3n) is 4.65. The van der Waals surface area contributed by atoms with Crippen LogP contribution in [0.5, 0.6) is 0 Å². The van der Waals surface area contributed by atoms with E-state index in [1.165, 1.54) is 13.2 Å². The summed E-state index contributed by atoms with van der Waals surface area (Å²) < 4.78 is 5.01. The molecule has 150 valence electrons. The van der Waals surface area contributed by atoms with Crippen molar-refractivity contribution in [1.82, 2.24) is 10.6 Å². The molecule has 0 spiro atoms. The van der Waals surface area contributed by atoms with Crippen LogP contribution in [-0.2, 0) is 14.3 Å². The molecule has 0 aliphatic carbocycles. The molecule has 8 heteroatoms. The fraction of sp³-hybridized carbons (Fsp3) is 0.778. The topological polar surface area (TPSA) is 128 Å². The minimum atomic E-state index is -1.65. The Labute approximate surface area is 154 Å². The second-order valence-electron chi connectivity index (χ2n) is 6.75. The normalized spacial score (nSPS) is 24.2. The highest BCUT2D eigenvalue weighted by molar-refractivity contribution is 5.89. The molecule has 1 rings (SSSR count). The zero-order chi connectivity index (χ0) is 19.7. The van der Waals surface area contributed by atoms with Crippen molar-refractivity contribution in [2.45, 2.75) is 70.0 Å². The zero-order valence-electron chi connectivity index (χ0n) is 15.7. The van der Waals surface area contributed by atoms with Gasteiger partial charge >= 0.3 is 0 Å². The molecule has 1 aliphatic heterocycles. The summed E-state index contributed by atoms with van der Waals surface area (Å²) in [6.07, 6.45) is 0.108. The molecular formula is C18H32N2O6. The van der Waals surface area contributed by atoms with Crippen molar-refractivity contribution in [3.8, 4) is 0 Å². The van der Waals surface area contributed by atoms with Gasteiger partial charge in [0.05, 0.1) is 0 Å². The number of hydrogen-bond donors (Lipinski definition) is 5. The molecule has 0 saturated carbocycles. The van der Waals surface area contributed by atoms with Crippen LogP contribution in [0.15, 0.2) is 12.2 Å². The number of carbonyl (C=O) groups is 2. The van der Waals surface area contributed by atoms with Gasteiger partial charge in [-0.25, -0.2) is 0 Å². The Morgan fingerprint density at radius 3 is 2.62 bits per heavy atom. The first-order valence-corrected chi connectivity index (χ1v) is 9.15. The first kappa shape index (κ1) is 22.6. The molecular weight excluding hydrogens is 340 g/mol. The van der Waals surface area contributed by atoms with Gasteiger partial charge in [-0.1, -0.05) is 32.4 Å². The maximum Gasteiger partial charge on any atom is 0.252 e. The smallest absolute Gasteiger partial charge is 0.252 e. The number of carbonyl (C=O) groups excluding carboxylic acids is 2. The van der Waals surface area contributed by atoms with Crippen molar-refractivity contribution in [1.29, 1.82) is 0 Å². The number of allylic oxidation sites excluding steroid dienone is 1. The predicted octanol–water partition coefficient (Wildman–Crippen LogP) is -0.529. The van der Waals surface area contributed by atoms with E-state index in [1.807, 2.05) is 13.8 Å². The van der Waals surface area contributed by atoms with Gasteiger partial charge in [-0.05, 0) is 25.2 Å². The molecule has 1 aliphatic rings. The lowest BCUT2D eigenvalue weighted by Crippen LogP contribution is -2.55. The second-order valence-corrected chi connectivity index (χ2v) is 6.75. The van der Waals surface area contributed by atoms with Crippen LogP contribution in [0.3, 0.4) is 0 Å². The third kappa shape index (κ3) is 6.68. The van der Waals surface area contributed by atoms with E-state index in [1.54, 1.807) is 6.08 Å². The van der Waals surface area contributed by atoms with E-state index in [9.17, 15) is 24.9 Å². The van der Waals surface area contributed by atoms with Crippen molar-refractivity contribution in [3.63, 3.8) is 0 Å². The lowest BCUT2D eigenvalue weighted by atomic mass is 9.99. The van der Waals surface area contributed by atoms with Crippen LogP contribution in [0.1, 0.15) is 39.5 Å². The summed E-state index contributed by atoms with van der Waals surface area (Å²) in [5.74, 6) is -0.777. The van der Waals surface area contributed by atoms with Gasteiger partial charge in [0.15, 0.2) is 6.10 Å². The van der Waals surface area contributed by atoms with Crippen molar-refractivity contribution in [3.05, 3.63) is 12.2 Å². The fourth-order valence-electron chi connectivity index (χ4n) is 2.67. The van der Waals surface area contributed by atoms with E-state index >= 15 is 0 Å². The molecule has 1 fully saturated rings. The fourth-order valence-corrected chi connectivity index (χ4v) is 2.67. The zero-order valence-corrected chi connectivity index (χ0v) is 15.7. The summed E-state index contributed by atoms with van der Waals surface area (Å²) in [6, 6.07) is -0.706. The number of aliphatic hydroxyl groups excluding tert-OH is 3. The number of nitrogens with one attached hydrogen (secondary N) is 2. The molecule has 0 bridgehead atoms. The SMILES string of the molecule is CCC(C)/C=C/C(O)C(O)C(O)C(OC)C(=O)NC1CCCCNC1=O.